The third-order valence-electron chi connectivity index (χ3n) is 3.79. The van der Waals surface area contributed by atoms with E-state index in [0.29, 0.717) is 36.0 Å². The van der Waals surface area contributed by atoms with Crippen LogP contribution in [0.25, 0.3) is 0 Å². The maximum Gasteiger partial charge on any atom is 0.255 e. The number of hydrogen-bond donors (Lipinski definition) is 0. The van der Waals surface area contributed by atoms with Gasteiger partial charge in [0.2, 0.25) is 0 Å². The number of hydrogen-bond acceptors (Lipinski definition) is 5. The highest BCUT2D eigenvalue weighted by Gasteiger charge is 2.31. The molecular weight excluding hydrogens is 414 g/mol. The maximum atomic E-state index is 12.6. The summed E-state index contributed by atoms with van der Waals surface area (Å²) in [5.74, 6) is -0.132. The van der Waals surface area contributed by atoms with Crippen LogP contribution in [-0.4, -0.2) is 54.7 Å². The van der Waals surface area contributed by atoms with Gasteiger partial charge in [-0.15, -0.1) is 11.3 Å². The van der Waals surface area contributed by atoms with Gasteiger partial charge in [0.05, 0.1) is 5.56 Å². The second kappa shape index (κ2) is 6.91. The van der Waals surface area contributed by atoms with Crippen LogP contribution < -0.4 is 0 Å². The Morgan fingerprint density at radius 1 is 1.21 bits per heavy atom. The van der Waals surface area contributed by atoms with Crippen LogP contribution in [0, 0.1) is 6.92 Å². The monoisotopic (exact) mass is 429 g/mol. The van der Waals surface area contributed by atoms with E-state index in [0.717, 1.165) is 9.35 Å². The van der Waals surface area contributed by atoms with Gasteiger partial charge >= 0.3 is 0 Å². The summed E-state index contributed by atoms with van der Waals surface area (Å²) >= 11 is 4.57. The lowest BCUT2D eigenvalue weighted by Gasteiger charge is -2.33. The molecule has 1 aliphatic rings. The first-order valence-corrected chi connectivity index (χ1v) is 10.4. The van der Waals surface area contributed by atoms with E-state index in [4.69, 9.17) is 0 Å². The molecule has 9 heteroatoms. The molecule has 1 saturated heterocycles. The zero-order valence-corrected chi connectivity index (χ0v) is 16.2. The number of sulfonamides is 1. The molecule has 0 N–H and O–H groups in total. The van der Waals surface area contributed by atoms with E-state index in [2.05, 4.69) is 20.9 Å². The van der Waals surface area contributed by atoms with Gasteiger partial charge in [-0.2, -0.15) is 4.31 Å². The molecule has 1 aliphatic heterocycles. The molecule has 0 aliphatic carbocycles. The summed E-state index contributed by atoms with van der Waals surface area (Å²) in [6.45, 7) is 3.22. The first-order chi connectivity index (χ1) is 11.4. The minimum Gasteiger partial charge on any atom is -0.336 e. The van der Waals surface area contributed by atoms with Crippen LogP contribution in [0.3, 0.4) is 0 Å². The van der Waals surface area contributed by atoms with E-state index in [1.165, 1.54) is 21.8 Å². The van der Waals surface area contributed by atoms with E-state index >= 15 is 0 Å². The molecule has 3 rings (SSSR count). The third-order valence-corrected chi connectivity index (χ3v) is 7.59. The molecule has 128 valence electrons. The van der Waals surface area contributed by atoms with Crippen molar-refractivity contribution in [1.82, 2.24) is 14.2 Å². The van der Waals surface area contributed by atoms with Crippen LogP contribution in [0.2, 0.25) is 0 Å². The topological polar surface area (TPSA) is 70.6 Å². The predicted molar refractivity (Wildman–Crippen MR) is 95.7 cm³/mol. The average Bonchev–Trinajstić information content (AvgIpc) is 3.01. The lowest BCUT2D eigenvalue weighted by Crippen LogP contribution is -2.50. The summed E-state index contributed by atoms with van der Waals surface area (Å²) in [5.41, 5.74) is 0.495. The van der Waals surface area contributed by atoms with Crippen molar-refractivity contribution < 1.29 is 13.2 Å². The molecule has 0 unspecified atom stereocenters. The Morgan fingerprint density at radius 2 is 1.92 bits per heavy atom. The number of carbonyl (C=O) groups excluding carboxylic acids is 1. The second-order valence-electron chi connectivity index (χ2n) is 5.45. The molecule has 24 heavy (non-hydrogen) atoms. The number of nitrogens with zero attached hydrogens (tertiary/aromatic N) is 3. The number of aryl methyl sites for hydroxylation is 1. The summed E-state index contributed by atoms with van der Waals surface area (Å²) in [7, 11) is -3.47. The van der Waals surface area contributed by atoms with Crippen LogP contribution in [0.5, 0.6) is 0 Å². The van der Waals surface area contributed by atoms with Crippen molar-refractivity contribution >= 4 is 43.2 Å². The summed E-state index contributed by atoms with van der Waals surface area (Å²) in [4.78, 5) is 19.1. The normalized spacial score (nSPS) is 16.3. The highest BCUT2D eigenvalue weighted by Crippen LogP contribution is 2.25. The van der Waals surface area contributed by atoms with Crippen molar-refractivity contribution in [3.63, 3.8) is 0 Å². The van der Waals surface area contributed by atoms with Gasteiger partial charge in [-0.3, -0.25) is 9.78 Å². The first-order valence-electron chi connectivity index (χ1n) is 7.34. The Kier molecular flexibility index (Phi) is 5.05. The highest BCUT2D eigenvalue weighted by atomic mass is 79.9. The Bertz CT molecular complexity index is 858. The Hall–Kier alpha value is -1.29. The molecular formula is C15H16BrN3O3S2. The Balaban J connectivity index is 1.68. The highest BCUT2D eigenvalue weighted by molar-refractivity contribution is 9.10. The molecule has 0 aromatic carbocycles. The van der Waals surface area contributed by atoms with E-state index in [9.17, 15) is 13.2 Å². The number of pyridine rings is 1. The second-order valence-corrected chi connectivity index (χ2v) is 9.82. The molecule has 2 aromatic heterocycles. The van der Waals surface area contributed by atoms with E-state index < -0.39 is 10.0 Å². The van der Waals surface area contributed by atoms with Crippen molar-refractivity contribution in [3.05, 3.63) is 45.5 Å². The number of thiophene rings is 1. The van der Waals surface area contributed by atoms with Gasteiger partial charge in [0.15, 0.2) is 0 Å². The fourth-order valence-corrected chi connectivity index (χ4v) is 5.75. The first kappa shape index (κ1) is 17.5. The van der Waals surface area contributed by atoms with Crippen LogP contribution in [0.15, 0.2) is 39.3 Å². The summed E-state index contributed by atoms with van der Waals surface area (Å²) in [6.07, 6.45) is 3.13. The van der Waals surface area contributed by atoms with Crippen LogP contribution in [-0.2, 0) is 10.0 Å². The van der Waals surface area contributed by atoms with Crippen molar-refractivity contribution in [1.29, 1.82) is 0 Å². The summed E-state index contributed by atoms with van der Waals surface area (Å²) < 4.78 is 27.8. The van der Waals surface area contributed by atoms with Crippen LogP contribution >= 0.6 is 27.3 Å². The minimum atomic E-state index is -3.47. The number of rotatable bonds is 3. The SMILES string of the molecule is Cc1ccc(S(=O)(=O)N2CCN(C(=O)c3cncc(Br)c3)CC2)s1. The van der Waals surface area contributed by atoms with Gasteiger partial charge in [-0.25, -0.2) is 8.42 Å². The van der Waals surface area contributed by atoms with E-state index in [-0.39, 0.29) is 5.91 Å². The lowest BCUT2D eigenvalue weighted by molar-refractivity contribution is 0.0697. The molecule has 0 saturated carbocycles. The quantitative estimate of drug-likeness (QED) is 0.750. The lowest BCUT2D eigenvalue weighted by atomic mass is 10.2. The van der Waals surface area contributed by atoms with Gasteiger partial charge in [0.1, 0.15) is 4.21 Å². The Morgan fingerprint density at radius 3 is 2.50 bits per heavy atom. The molecule has 3 heterocycles. The number of aromatic nitrogens is 1. The number of amides is 1. The van der Waals surface area contributed by atoms with Gasteiger partial charge in [-0.05, 0) is 41.1 Å². The predicted octanol–water partition coefficient (Wildman–Crippen LogP) is 2.36. The van der Waals surface area contributed by atoms with Crippen LogP contribution in [0.1, 0.15) is 15.2 Å². The zero-order valence-electron chi connectivity index (χ0n) is 13.0. The van der Waals surface area contributed by atoms with Crippen molar-refractivity contribution in [2.24, 2.45) is 0 Å². The van der Waals surface area contributed by atoms with Crippen molar-refractivity contribution in [2.75, 3.05) is 26.2 Å². The van der Waals surface area contributed by atoms with Crippen molar-refractivity contribution in [3.8, 4) is 0 Å². The molecule has 1 fully saturated rings. The maximum absolute atomic E-state index is 12.6. The van der Waals surface area contributed by atoms with E-state index in [1.807, 2.05) is 6.92 Å². The standard InChI is InChI=1S/C15H16BrN3O3S2/c1-11-2-3-14(23-11)24(21,22)19-6-4-18(5-7-19)15(20)12-8-13(16)10-17-9-12/h2-3,8-10H,4-7H2,1H3. The van der Waals surface area contributed by atoms with E-state index in [1.54, 1.807) is 29.3 Å². The zero-order chi connectivity index (χ0) is 17.3. The number of carbonyl (C=O) groups is 1. The van der Waals surface area contributed by atoms with Gasteiger partial charge in [0, 0.05) is 47.9 Å². The molecule has 0 atom stereocenters. The van der Waals surface area contributed by atoms with Crippen LogP contribution in [0.4, 0.5) is 0 Å². The molecule has 0 bridgehead atoms. The minimum absolute atomic E-state index is 0.132. The average molecular weight is 430 g/mol. The summed E-state index contributed by atoms with van der Waals surface area (Å²) in [5, 5.41) is 0. The third kappa shape index (κ3) is 3.53. The molecule has 6 nitrogen and oxygen atoms in total. The van der Waals surface area contributed by atoms with Crippen molar-refractivity contribution in [2.45, 2.75) is 11.1 Å². The van der Waals surface area contributed by atoms with Gasteiger partial charge in [0.25, 0.3) is 15.9 Å². The van der Waals surface area contributed by atoms with Gasteiger partial charge in [-0.1, -0.05) is 0 Å². The number of halogens is 1. The molecule has 0 radical (unpaired) electrons. The smallest absolute Gasteiger partial charge is 0.255 e. The summed E-state index contributed by atoms with van der Waals surface area (Å²) in [6, 6.07) is 5.16. The van der Waals surface area contributed by atoms with Gasteiger partial charge < -0.3 is 4.90 Å². The number of piperazine rings is 1. The molecule has 1 amide bonds. The Labute approximate surface area is 153 Å². The largest absolute Gasteiger partial charge is 0.336 e. The fourth-order valence-electron chi connectivity index (χ4n) is 2.52. The molecule has 2 aromatic rings. The fraction of sp³-hybridized carbons (Fsp3) is 0.333. The molecule has 0 spiro atoms.